The number of esters is 2. The fourth-order valence-electron chi connectivity index (χ4n) is 1.53. The molecule has 2 atom stereocenters. The third-order valence-electron chi connectivity index (χ3n) is 2.55. The van der Waals surface area contributed by atoms with E-state index in [1.807, 2.05) is 0 Å². The predicted octanol–water partition coefficient (Wildman–Crippen LogP) is 0.464. The van der Waals surface area contributed by atoms with Crippen molar-refractivity contribution in [3.8, 4) is 0 Å². The van der Waals surface area contributed by atoms with Crippen LogP contribution in [0.4, 0.5) is 0 Å². The van der Waals surface area contributed by atoms with Gasteiger partial charge in [0, 0.05) is 20.4 Å². The van der Waals surface area contributed by atoms with Crippen LogP contribution in [0.1, 0.15) is 27.2 Å². The summed E-state index contributed by atoms with van der Waals surface area (Å²) in [6.45, 7) is 5.03. The number of likely N-dealkylation sites (N-methyl/N-ethyl adjacent to an activating group) is 1. The molecule has 0 aromatic carbocycles. The Morgan fingerprint density at radius 1 is 1.56 bits per heavy atom. The Morgan fingerprint density at radius 3 is 2.69 bits per heavy atom. The summed E-state index contributed by atoms with van der Waals surface area (Å²) in [5, 5.41) is 1.37. The molecule has 0 saturated carbocycles. The molecule has 6 heteroatoms. The lowest BCUT2D eigenvalue weighted by atomic mass is 9.99. The summed E-state index contributed by atoms with van der Waals surface area (Å²) in [6.07, 6.45) is -0.459. The molecule has 0 radical (unpaired) electrons. The first-order chi connectivity index (χ1) is 7.40. The first-order valence-corrected chi connectivity index (χ1v) is 5.15. The van der Waals surface area contributed by atoms with Crippen LogP contribution in [0, 0.1) is 0 Å². The van der Waals surface area contributed by atoms with Crippen LogP contribution < -0.4 is 0 Å². The zero-order valence-electron chi connectivity index (χ0n) is 9.98. The van der Waals surface area contributed by atoms with Crippen molar-refractivity contribution in [2.24, 2.45) is 0 Å². The van der Waals surface area contributed by atoms with Crippen LogP contribution in [0.15, 0.2) is 0 Å². The molecule has 1 fully saturated rings. The Hall–Kier alpha value is -1.14. The maximum Gasteiger partial charge on any atom is 0.328 e. The van der Waals surface area contributed by atoms with Crippen LogP contribution in [0.3, 0.4) is 0 Å². The average Bonchev–Trinajstić information content (AvgIpc) is 2.42. The van der Waals surface area contributed by atoms with Gasteiger partial charge in [-0.3, -0.25) is 9.63 Å². The number of hydrogen-bond donors (Lipinski definition) is 0. The summed E-state index contributed by atoms with van der Waals surface area (Å²) in [5.41, 5.74) is -0.907. The van der Waals surface area contributed by atoms with Crippen LogP contribution in [0.2, 0.25) is 0 Å². The molecule has 0 amide bonds. The molecule has 92 valence electrons. The number of carbonyl (C=O) groups excluding carboxylic acids is 2. The molecular weight excluding hydrogens is 214 g/mol. The van der Waals surface area contributed by atoms with E-state index >= 15 is 0 Å². The van der Waals surface area contributed by atoms with Gasteiger partial charge in [-0.15, -0.1) is 0 Å². The monoisotopic (exact) mass is 231 g/mol. The fraction of sp³-hybridized carbons (Fsp3) is 0.800. The highest BCUT2D eigenvalue weighted by Crippen LogP contribution is 2.31. The SMILES string of the molecule is CCOC(=O)C1(C)CC(OC(C)=O)ON1C. The van der Waals surface area contributed by atoms with Crippen molar-refractivity contribution >= 4 is 11.9 Å². The smallest absolute Gasteiger partial charge is 0.328 e. The van der Waals surface area contributed by atoms with E-state index in [9.17, 15) is 9.59 Å². The molecule has 6 nitrogen and oxygen atoms in total. The summed E-state index contributed by atoms with van der Waals surface area (Å²) in [5.74, 6) is -0.821. The van der Waals surface area contributed by atoms with E-state index in [0.29, 0.717) is 6.61 Å². The lowest BCUT2D eigenvalue weighted by Gasteiger charge is -2.26. The third kappa shape index (κ3) is 2.51. The molecular formula is C10H17NO5. The molecule has 0 N–H and O–H groups in total. The van der Waals surface area contributed by atoms with Crippen molar-refractivity contribution in [1.29, 1.82) is 0 Å². The minimum atomic E-state index is -0.907. The highest BCUT2D eigenvalue weighted by Gasteiger charge is 2.49. The number of carbonyl (C=O) groups is 2. The van der Waals surface area contributed by atoms with Crippen LogP contribution in [0.25, 0.3) is 0 Å². The molecule has 1 rings (SSSR count). The van der Waals surface area contributed by atoms with Crippen molar-refractivity contribution < 1.29 is 23.9 Å². The van der Waals surface area contributed by atoms with Gasteiger partial charge in [-0.25, -0.2) is 4.79 Å². The number of hydrogen-bond acceptors (Lipinski definition) is 6. The standard InChI is InChI=1S/C10H17NO5/c1-5-14-9(13)10(3)6-8(15-7(2)12)16-11(10)4/h8H,5-6H2,1-4H3. The quantitative estimate of drug-likeness (QED) is 0.658. The number of rotatable bonds is 3. The van der Waals surface area contributed by atoms with Gasteiger partial charge in [0.1, 0.15) is 5.54 Å². The second kappa shape index (κ2) is 4.80. The van der Waals surface area contributed by atoms with E-state index in [4.69, 9.17) is 14.3 Å². The Kier molecular flexibility index (Phi) is 3.88. The lowest BCUT2D eigenvalue weighted by Crippen LogP contribution is -2.46. The van der Waals surface area contributed by atoms with E-state index in [0.717, 1.165) is 0 Å². The zero-order valence-corrected chi connectivity index (χ0v) is 9.98. The Bertz CT molecular complexity index is 293. The van der Waals surface area contributed by atoms with Crippen LogP contribution in [-0.2, 0) is 23.9 Å². The van der Waals surface area contributed by atoms with Crippen molar-refractivity contribution in [3.05, 3.63) is 0 Å². The number of nitrogens with zero attached hydrogens (tertiary/aromatic N) is 1. The molecule has 1 aliphatic heterocycles. The minimum Gasteiger partial charge on any atom is -0.465 e. The average molecular weight is 231 g/mol. The molecule has 2 unspecified atom stereocenters. The summed E-state index contributed by atoms with van der Waals surface area (Å²) in [6, 6.07) is 0. The second-order valence-corrected chi connectivity index (χ2v) is 3.84. The molecule has 0 bridgehead atoms. The maximum atomic E-state index is 11.7. The maximum absolute atomic E-state index is 11.7. The molecule has 0 aromatic rings. The second-order valence-electron chi connectivity index (χ2n) is 3.84. The van der Waals surface area contributed by atoms with E-state index < -0.39 is 17.8 Å². The summed E-state index contributed by atoms with van der Waals surface area (Å²) in [7, 11) is 1.61. The molecule has 1 heterocycles. The number of ether oxygens (including phenoxy) is 2. The molecule has 0 aliphatic carbocycles. The number of hydroxylamine groups is 2. The normalized spacial score (nSPS) is 30.1. The first-order valence-electron chi connectivity index (χ1n) is 5.15. The summed E-state index contributed by atoms with van der Waals surface area (Å²) >= 11 is 0. The van der Waals surface area contributed by atoms with Gasteiger partial charge < -0.3 is 9.47 Å². The topological polar surface area (TPSA) is 65.1 Å². The van der Waals surface area contributed by atoms with Crippen LogP contribution in [0.5, 0.6) is 0 Å². The van der Waals surface area contributed by atoms with Gasteiger partial charge in [0.25, 0.3) is 0 Å². The van der Waals surface area contributed by atoms with E-state index in [1.165, 1.54) is 12.0 Å². The zero-order chi connectivity index (χ0) is 12.3. The van der Waals surface area contributed by atoms with E-state index in [-0.39, 0.29) is 12.4 Å². The van der Waals surface area contributed by atoms with Crippen LogP contribution >= 0.6 is 0 Å². The highest BCUT2D eigenvalue weighted by atomic mass is 16.8. The largest absolute Gasteiger partial charge is 0.465 e. The van der Waals surface area contributed by atoms with Gasteiger partial charge in [-0.1, -0.05) is 0 Å². The van der Waals surface area contributed by atoms with E-state index in [2.05, 4.69) is 0 Å². The Morgan fingerprint density at radius 2 is 2.19 bits per heavy atom. The fourth-order valence-corrected chi connectivity index (χ4v) is 1.53. The highest BCUT2D eigenvalue weighted by molar-refractivity contribution is 5.80. The Balaban J connectivity index is 2.68. The third-order valence-corrected chi connectivity index (χ3v) is 2.55. The van der Waals surface area contributed by atoms with Crippen molar-refractivity contribution in [3.63, 3.8) is 0 Å². The van der Waals surface area contributed by atoms with Crippen molar-refractivity contribution in [1.82, 2.24) is 5.06 Å². The minimum absolute atomic E-state index is 0.266. The van der Waals surface area contributed by atoms with Gasteiger partial charge in [0.15, 0.2) is 0 Å². The predicted molar refractivity (Wildman–Crippen MR) is 54.1 cm³/mol. The van der Waals surface area contributed by atoms with Crippen molar-refractivity contribution in [2.45, 2.75) is 39.0 Å². The molecule has 0 spiro atoms. The van der Waals surface area contributed by atoms with Gasteiger partial charge in [0.2, 0.25) is 6.29 Å². The van der Waals surface area contributed by atoms with Gasteiger partial charge in [0.05, 0.1) is 6.61 Å². The molecule has 16 heavy (non-hydrogen) atoms. The summed E-state index contributed by atoms with van der Waals surface area (Å²) < 4.78 is 9.85. The Labute approximate surface area is 94.4 Å². The summed E-state index contributed by atoms with van der Waals surface area (Å²) in [4.78, 5) is 27.7. The van der Waals surface area contributed by atoms with Gasteiger partial charge in [-0.2, -0.15) is 5.06 Å². The van der Waals surface area contributed by atoms with Crippen LogP contribution in [-0.4, -0.2) is 42.5 Å². The first kappa shape index (κ1) is 12.9. The lowest BCUT2D eigenvalue weighted by molar-refractivity contribution is -0.235. The van der Waals surface area contributed by atoms with Crippen molar-refractivity contribution in [2.75, 3.05) is 13.7 Å². The van der Waals surface area contributed by atoms with Gasteiger partial charge >= 0.3 is 11.9 Å². The van der Waals surface area contributed by atoms with Gasteiger partial charge in [-0.05, 0) is 13.8 Å². The molecule has 1 aliphatic rings. The molecule has 1 saturated heterocycles. The van der Waals surface area contributed by atoms with E-state index in [1.54, 1.807) is 20.9 Å². The molecule has 0 aromatic heterocycles.